The van der Waals surface area contributed by atoms with Crippen LogP contribution in [-0.2, 0) is 110 Å². The molecule has 0 fully saturated rings. The number of carboxylic acid groups (broad SMARTS) is 1. The summed E-state index contributed by atoms with van der Waals surface area (Å²) in [5.41, 5.74) is 18.3. The Hall–Kier alpha value is -12.7. The Bertz CT molecular complexity index is 4130. The van der Waals surface area contributed by atoms with E-state index in [1.165, 1.54) is 77.0 Å². The number of primary amides is 2. The van der Waals surface area contributed by atoms with E-state index in [0.29, 0.717) is 17.7 Å². The lowest BCUT2D eigenvalue weighted by Gasteiger charge is -2.29. The zero-order valence-electron chi connectivity index (χ0n) is 72.3. The third-order valence-electron chi connectivity index (χ3n) is 19.1. The van der Waals surface area contributed by atoms with Crippen molar-refractivity contribution in [1.82, 2.24) is 105 Å². The molecule has 45 heteroatoms. The summed E-state index contributed by atoms with van der Waals surface area (Å²) in [6.07, 6.45) is 1.84. The molecule has 18 amide bonds. The van der Waals surface area contributed by atoms with E-state index in [0.717, 1.165) is 0 Å². The number of carboxylic acids is 1. The second-order valence-corrected chi connectivity index (χ2v) is 32.2. The minimum atomic E-state index is -1.81. The van der Waals surface area contributed by atoms with Crippen molar-refractivity contribution in [2.45, 2.75) is 258 Å². The lowest BCUT2D eigenvalue weighted by Crippen LogP contribution is -2.61. The standard InChI is InChI=1S/C79H125N23O22/c1-15-41(10)64(78(123)100-55(25-40(8)9)77(122)102-65(45(14)103)79(124)95-52(66(82)111)22-37(2)3)101-62(108)34-86-68(113)43(12)91-69(114)44(13)92-73(118)57(28-48-31-84-36-89-48)99-76(121)58(29-59(81)105)93-61(107)33-85-67(112)42(11)90-60(106)32-87-71(116)56(27-47-30-83-35-88-47)98-75(120)54(24-39(6)7)97-74(119)53(23-38(4)5)96-72(117)51(20-21-63(109)110)94-70(115)50(80)26-46-16-18-49(104)19-17-46/h16-19,30-31,35-45,50-58,64-65,103-104H,15,20-29,32-34,80H2,1-14H3,(H2,81,105)(H2,82,111)(H,83,88)(H,84,89)(H,85,112)(H,86,113)(H,87,116)(H,90,106)(H,91,114)(H,92,118)(H,93,107)(H,94,115)(H,95,124)(H,96,117)(H,97,119)(H,98,120)(H,99,121)(H,100,123)(H,101,108)(H,102,122)(H,109,110)/t41-,42+,43-,44-,45+,50-,51-,52-,53-,54-,55-,56-,57-,58-,64-,65-/m0/s1. The van der Waals surface area contributed by atoms with Crippen LogP contribution in [0.3, 0.4) is 0 Å². The van der Waals surface area contributed by atoms with Crippen molar-refractivity contribution in [1.29, 1.82) is 0 Å². The number of H-pyrrole nitrogens is 2. The summed E-state index contributed by atoms with van der Waals surface area (Å²) in [6.45, 7) is 20.0. The number of nitrogens with one attached hydrogen (secondary N) is 18. The number of aromatic amines is 2. The average Bonchev–Trinajstić information content (AvgIpc) is 1.27. The maximum atomic E-state index is 14.3. The van der Waals surface area contributed by atoms with E-state index in [-0.39, 0.29) is 80.1 Å². The van der Waals surface area contributed by atoms with Crippen LogP contribution in [0.15, 0.2) is 49.3 Å². The van der Waals surface area contributed by atoms with E-state index in [1.54, 1.807) is 69.2 Å². The Labute approximate surface area is 717 Å². The van der Waals surface area contributed by atoms with Gasteiger partial charge in [0.25, 0.3) is 0 Å². The molecule has 2 aromatic heterocycles. The van der Waals surface area contributed by atoms with Crippen molar-refractivity contribution in [3.8, 4) is 5.75 Å². The number of amides is 18. The maximum absolute atomic E-state index is 14.3. The molecule has 16 atom stereocenters. The van der Waals surface area contributed by atoms with Gasteiger partial charge in [-0.1, -0.05) is 87.8 Å². The highest BCUT2D eigenvalue weighted by Gasteiger charge is 2.39. The number of phenols is 1. The van der Waals surface area contributed by atoms with Crippen LogP contribution >= 0.6 is 0 Å². The zero-order valence-corrected chi connectivity index (χ0v) is 72.3. The van der Waals surface area contributed by atoms with E-state index in [9.17, 15) is 106 Å². The van der Waals surface area contributed by atoms with Crippen LogP contribution in [-0.4, -0.2) is 258 Å². The summed E-state index contributed by atoms with van der Waals surface area (Å²) in [6, 6.07) is -14.0. The number of phenolic OH excluding ortho intramolecular Hbond substituents is 1. The van der Waals surface area contributed by atoms with Crippen molar-refractivity contribution in [3.63, 3.8) is 0 Å². The largest absolute Gasteiger partial charge is 0.508 e. The predicted molar refractivity (Wildman–Crippen MR) is 444 cm³/mol. The summed E-state index contributed by atoms with van der Waals surface area (Å²) < 4.78 is 0. The van der Waals surface area contributed by atoms with Gasteiger partial charge in [0.05, 0.1) is 50.9 Å². The number of carbonyl (C=O) groups is 19. The molecule has 2 heterocycles. The summed E-state index contributed by atoms with van der Waals surface area (Å²) in [7, 11) is 0. The van der Waals surface area contributed by atoms with E-state index < -0.39 is 248 Å². The Kier molecular flexibility index (Phi) is 44.7. The highest BCUT2D eigenvalue weighted by atomic mass is 16.4. The van der Waals surface area contributed by atoms with Crippen LogP contribution in [0.5, 0.6) is 5.75 Å². The molecule has 0 unspecified atom stereocenters. The molecular formula is C79H125N23O22. The number of nitrogens with two attached hydrogens (primary N) is 3. The zero-order chi connectivity index (χ0) is 93.5. The van der Waals surface area contributed by atoms with Gasteiger partial charge in [-0.05, 0) is 114 Å². The number of benzene rings is 1. The number of aliphatic carboxylic acids is 1. The Morgan fingerprint density at radius 3 is 1.21 bits per heavy atom. The second-order valence-electron chi connectivity index (χ2n) is 32.2. The molecule has 124 heavy (non-hydrogen) atoms. The quantitative estimate of drug-likeness (QED) is 0.0250. The van der Waals surface area contributed by atoms with Gasteiger partial charge in [-0.3, -0.25) is 91.1 Å². The van der Waals surface area contributed by atoms with E-state index in [2.05, 4.69) is 105 Å². The third kappa shape index (κ3) is 39.0. The molecule has 27 N–H and O–H groups in total. The van der Waals surface area contributed by atoms with Crippen LogP contribution < -0.4 is 102 Å². The minimum Gasteiger partial charge on any atom is -0.508 e. The number of carbonyl (C=O) groups excluding carboxylic acids is 18. The van der Waals surface area contributed by atoms with Crippen molar-refractivity contribution in [2.24, 2.45) is 46.8 Å². The van der Waals surface area contributed by atoms with Gasteiger partial charge in [-0.2, -0.15) is 0 Å². The van der Waals surface area contributed by atoms with Gasteiger partial charge in [0, 0.05) is 43.0 Å². The Balaban J connectivity index is 1.65. The monoisotopic (exact) mass is 1750 g/mol. The fourth-order valence-corrected chi connectivity index (χ4v) is 12.2. The van der Waals surface area contributed by atoms with Crippen molar-refractivity contribution >= 4 is 112 Å². The maximum Gasteiger partial charge on any atom is 0.303 e. The number of aliphatic hydroxyl groups is 1. The highest BCUT2D eigenvalue weighted by molar-refractivity contribution is 6.01. The normalized spacial score (nSPS) is 15.1. The number of rotatable bonds is 55. The van der Waals surface area contributed by atoms with Gasteiger partial charge in [-0.25, -0.2) is 9.97 Å². The molecule has 0 aliphatic carbocycles. The first-order chi connectivity index (χ1) is 58.1. The third-order valence-corrected chi connectivity index (χ3v) is 19.1. The van der Waals surface area contributed by atoms with Gasteiger partial charge in [0.15, 0.2) is 0 Å². The van der Waals surface area contributed by atoms with Gasteiger partial charge in [0.2, 0.25) is 106 Å². The number of hydrogen-bond donors (Lipinski definition) is 24. The van der Waals surface area contributed by atoms with E-state index >= 15 is 0 Å². The van der Waals surface area contributed by atoms with Crippen LogP contribution in [0.4, 0.5) is 0 Å². The molecule has 0 aliphatic rings. The highest BCUT2D eigenvalue weighted by Crippen LogP contribution is 2.17. The first kappa shape index (κ1) is 105. The number of aromatic nitrogens is 4. The Morgan fingerprint density at radius 1 is 0.395 bits per heavy atom. The van der Waals surface area contributed by atoms with E-state index in [1.807, 2.05) is 0 Å². The minimum absolute atomic E-state index is 0.00720. The van der Waals surface area contributed by atoms with E-state index in [4.69, 9.17) is 17.2 Å². The first-order valence-corrected chi connectivity index (χ1v) is 40.8. The first-order valence-electron chi connectivity index (χ1n) is 40.8. The lowest BCUT2D eigenvalue weighted by atomic mass is 9.96. The Morgan fingerprint density at radius 2 is 0.766 bits per heavy atom. The fraction of sp³-hybridized carbons (Fsp3) is 0.608. The van der Waals surface area contributed by atoms with Gasteiger partial charge in [0.1, 0.15) is 84.3 Å². The molecule has 0 aliphatic heterocycles. The topological polar surface area (TPSA) is 713 Å². The lowest BCUT2D eigenvalue weighted by molar-refractivity contribution is -0.138. The fourth-order valence-electron chi connectivity index (χ4n) is 12.2. The smallest absolute Gasteiger partial charge is 0.303 e. The molecule has 0 saturated heterocycles. The molecule has 0 spiro atoms. The summed E-state index contributed by atoms with van der Waals surface area (Å²) >= 11 is 0. The van der Waals surface area contributed by atoms with Gasteiger partial charge in [-0.15, -0.1) is 0 Å². The van der Waals surface area contributed by atoms with Crippen molar-refractivity contribution < 1.29 is 106 Å². The number of aliphatic hydroxyl groups excluding tert-OH is 1. The van der Waals surface area contributed by atoms with Gasteiger partial charge >= 0.3 is 5.97 Å². The molecular weight excluding hydrogens is 1620 g/mol. The molecule has 688 valence electrons. The molecule has 0 bridgehead atoms. The SMILES string of the molecule is CC[C@H](C)[C@H](NC(=O)CNC(=O)[C@H](C)NC(=O)[C@H](C)NC(=O)[C@H](Cc1cnc[nH]1)NC(=O)[C@H](CC(N)=O)NC(=O)CNC(=O)[C@@H](C)NC(=O)CNC(=O)[C@H](Cc1cnc[nH]1)NC(=O)[C@H](CC(C)C)NC(=O)[C@H](CC(C)C)NC(=O)[C@H](CCC(=O)O)NC(=O)[C@@H](N)Cc1ccc(O)cc1)C(=O)N[C@@H](CC(C)C)C(=O)N[C@H](C(=O)N[C@@H](CC(C)C)C(N)=O)[C@@H](C)O. The molecule has 3 rings (SSSR count). The molecule has 0 radical (unpaired) electrons. The van der Waals surface area contributed by atoms with Gasteiger partial charge < -0.3 is 128 Å². The number of aromatic hydroxyl groups is 1. The number of nitrogens with zero attached hydrogens (tertiary/aromatic N) is 2. The number of imidazole rings is 2. The van der Waals surface area contributed by atoms with Crippen LogP contribution in [0.1, 0.15) is 165 Å². The molecule has 3 aromatic rings. The van der Waals surface area contributed by atoms with Crippen molar-refractivity contribution in [2.75, 3.05) is 19.6 Å². The summed E-state index contributed by atoms with van der Waals surface area (Å²) in [4.78, 5) is 268. The molecule has 45 nitrogen and oxygen atoms in total. The second kappa shape index (κ2) is 52.6. The molecule has 1 aromatic carbocycles. The molecule has 0 saturated carbocycles. The predicted octanol–water partition coefficient (Wildman–Crippen LogP) is -6.26. The average molecular weight is 1750 g/mol. The summed E-state index contributed by atoms with van der Waals surface area (Å²) in [5.74, 6) is -19.5. The number of hydrogen-bond acceptors (Lipinski definition) is 24. The van der Waals surface area contributed by atoms with Crippen LogP contribution in [0.25, 0.3) is 0 Å². The van der Waals surface area contributed by atoms with Crippen LogP contribution in [0.2, 0.25) is 0 Å². The van der Waals surface area contributed by atoms with Crippen LogP contribution in [0, 0.1) is 29.6 Å². The summed E-state index contributed by atoms with van der Waals surface area (Å²) in [5, 5.41) is 68.9. The van der Waals surface area contributed by atoms with Crippen molar-refractivity contribution in [3.05, 3.63) is 66.3 Å².